The van der Waals surface area contributed by atoms with Gasteiger partial charge in [0, 0.05) is 18.7 Å². The van der Waals surface area contributed by atoms with E-state index in [4.69, 9.17) is 0 Å². The van der Waals surface area contributed by atoms with E-state index < -0.39 is 0 Å². The quantitative estimate of drug-likeness (QED) is 0.641. The number of benzene rings is 2. The van der Waals surface area contributed by atoms with Gasteiger partial charge in [-0.2, -0.15) is 0 Å². The van der Waals surface area contributed by atoms with Crippen LogP contribution in [0, 0.1) is 0 Å². The number of hydrogen-bond donors (Lipinski definition) is 0. The minimum atomic E-state index is -0.0393. The first-order valence-electron chi connectivity index (χ1n) is 8.46. The van der Waals surface area contributed by atoms with Crippen molar-refractivity contribution in [1.82, 2.24) is 25.1 Å². The van der Waals surface area contributed by atoms with Gasteiger partial charge in [0.25, 0.3) is 5.91 Å². The van der Waals surface area contributed by atoms with E-state index in [-0.39, 0.29) is 5.91 Å². The second kappa shape index (κ2) is 7.74. The molecule has 0 saturated heterocycles. The minimum absolute atomic E-state index is 0.0393. The summed E-state index contributed by atoms with van der Waals surface area (Å²) in [6.07, 6.45) is 1.52. The Morgan fingerprint density at radius 1 is 1.15 bits per heavy atom. The van der Waals surface area contributed by atoms with Crippen molar-refractivity contribution in [2.75, 3.05) is 13.1 Å². The maximum absolute atomic E-state index is 13.0. The molecule has 1 aromatic heterocycles. The van der Waals surface area contributed by atoms with Crippen molar-refractivity contribution >= 4 is 5.91 Å². The first-order chi connectivity index (χ1) is 12.6. The Bertz CT molecular complexity index is 903. The molecule has 26 heavy (non-hydrogen) atoms. The molecule has 0 N–H and O–H groups in total. The number of tetrazole rings is 1. The fourth-order valence-corrected chi connectivity index (χ4v) is 2.78. The van der Waals surface area contributed by atoms with Crippen LogP contribution < -0.4 is 0 Å². The van der Waals surface area contributed by atoms with Crippen molar-refractivity contribution in [2.45, 2.75) is 13.8 Å². The average molecular weight is 347 g/mol. The number of carbonyl (C=O) groups is 1. The number of nitrogens with zero attached hydrogens (tertiary/aromatic N) is 5. The number of hydrogen-bond acceptors (Lipinski definition) is 4. The van der Waals surface area contributed by atoms with Crippen molar-refractivity contribution in [1.29, 1.82) is 0 Å². The molecule has 6 heteroatoms. The number of likely N-dealkylation sites (N-methyl/N-ethyl adjacent to an activating group) is 1. The fourth-order valence-electron chi connectivity index (χ4n) is 2.78. The molecule has 1 amide bonds. The fraction of sp³-hybridized carbons (Fsp3) is 0.200. The molecule has 0 aliphatic rings. The number of rotatable bonds is 6. The van der Waals surface area contributed by atoms with E-state index in [9.17, 15) is 4.79 Å². The number of amides is 1. The first-order valence-corrected chi connectivity index (χ1v) is 8.46. The molecular formula is C20H21N5O. The van der Waals surface area contributed by atoms with Gasteiger partial charge in [-0.1, -0.05) is 42.5 Å². The van der Waals surface area contributed by atoms with Crippen LogP contribution in [0.4, 0.5) is 0 Å². The zero-order valence-corrected chi connectivity index (χ0v) is 15.0. The van der Waals surface area contributed by atoms with E-state index in [1.54, 1.807) is 9.58 Å². The molecule has 3 aromatic rings. The van der Waals surface area contributed by atoms with Crippen molar-refractivity contribution in [3.8, 4) is 16.8 Å². The predicted octanol–water partition coefficient (Wildman–Crippen LogP) is 3.37. The molecule has 0 spiro atoms. The van der Waals surface area contributed by atoms with Gasteiger partial charge >= 0.3 is 0 Å². The van der Waals surface area contributed by atoms with Gasteiger partial charge in [-0.25, -0.2) is 4.68 Å². The molecule has 6 nitrogen and oxygen atoms in total. The van der Waals surface area contributed by atoms with Crippen LogP contribution in [0.5, 0.6) is 0 Å². The molecule has 3 rings (SSSR count). The van der Waals surface area contributed by atoms with Crippen LogP contribution >= 0.6 is 0 Å². The molecule has 0 aliphatic heterocycles. The van der Waals surface area contributed by atoms with Gasteiger partial charge in [0.1, 0.15) is 6.33 Å². The highest BCUT2D eigenvalue weighted by Gasteiger charge is 2.17. The highest BCUT2D eigenvalue weighted by molar-refractivity contribution is 5.96. The standard InChI is InChI=1S/C20H21N5O/c1-4-24(13-15(2)3)20(26)18-10-17(16-8-6-5-7-9-16)11-19(12-18)25-14-21-22-23-25/h5-12,14H,2,4,13H2,1,3H3. The Labute approximate surface area is 152 Å². The lowest BCUT2D eigenvalue weighted by Gasteiger charge is -2.21. The predicted molar refractivity (Wildman–Crippen MR) is 101 cm³/mol. The Kier molecular flexibility index (Phi) is 5.22. The van der Waals surface area contributed by atoms with Gasteiger partial charge in [-0.3, -0.25) is 4.79 Å². The third kappa shape index (κ3) is 3.85. The Balaban J connectivity index is 2.08. The van der Waals surface area contributed by atoms with Crippen molar-refractivity contribution < 1.29 is 4.79 Å². The summed E-state index contributed by atoms with van der Waals surface area (Å²) < 4.78 is 1.55. The molecular weight excluding hydrogens is 326 g/mol. The number of carbonyl (C=O) groups excluding carboxylic acids is 1. The SMILES string of the molecule is C=C(C)CN(CC)C(=O)c1cc(-c2ccccc2)cc(-n2cnnn2)c1. The molecule has 1 heterocycles. The van der Waals surface area contributed by atoms with Crippen LogP contribution in [0.1, 0.15) is 24.2 Å². The van der Waals surface area contributed by atoms with Gasteiger partial charge in [-0.05, 0) is 53.6 Å². The van der Waals surface area contributed by atoms with Crippen LogP contribution in [0.25, 0.3) is 16.8 Å². The van der Waals surface area contributed by atoms with Crippen LogP contribution in [0.2, 0.25) is 0 Å². The van der Waals surface area contributed by atoms with Crippen LogP contribution in [0.3, 0.4) is 0 Å². The summed E-state index contributed by atoms with van der Waals surface area (Å²) in [6.45, 7) is 8.95. The largest absolute Gasteiger partial charge is 0.335 e. The lowest BCUT2D eigenvalue weighted by atomic mass is 10.0. The Morgan fingerprint density at radius 3 is 2.54 bits per heavy atom. The lowest BCUT2D eigenvalue weighted by molar-refractivity contribution is 0.0778. The van der Waals surface area contributed by atoms with Crippen molar-refractivity contribution in [3.05, 3.63) is 72.6 Å². The van der Waals surface area contributed by atoms with Crippen LogP contribution in [0.15, 0.2) is 67.0 Å². The van der Waals surface area contributed by atoms with Crippen molar-refractivity contribution in [3.63, 3.8) is 0 Å². The molecule has 0 unspecified atom stereocenters. The van der Waals surface area contributed by atoms with Gasteiger partial charge < -0.3 is 4.90 Å². The third-order valence-electron chi connectivity index (χ3n) is 4.02. The van der Waals surface area contributed by atoms with Crippen LogP contribution in [-0.2, 0) is 0 Å². The molecule has 0 bridgehead atoms. The third-order valence-corrected chi connectivity index (χ3v) is 4.02. The Morgan fingerprint density at radius 2 is 1.92 bits per heavy atom. The average Bonchev–Trinajstić information content (AvgIpc) is 3.20. The van der Waals surface area contributed by atoms with E-state index in [0.717, 1.165) is 22.4 Å². The Hall–Kier alpha value is -3.28. The summed E-state index contributed by atoms with van der Waals surface area (Å²) in [5, 5.41) is 11.3. The topological polar surface area (TPSA) is 63.9 Å². The summed E-state index contributed by atoms with van der Waals surface area (Å²) in [5.74, 6) is -0.0393. The molecule has 2 aromatic carbocycles. The summed E-state index contributed by atoms with van der Waals surface area (Å²) in [6, 6.07) is 15.6. The van der Waals surface area contributed by atoms with Gasteiger partial charge in [0.05, 0.1) is 5.69 Å². The monoisotopic (exact) mass is 347 g/mol. The molecule has 132 valence electrons. The lowest BCUT2D eigenvalue weighted by Crippen LogP contribution is -2.32. The van der Waals surface area contributed by atoms with E-state index >= 15 is 0 Å². The van der Waals surface area contributed by atoms with Gasteiger partial charge in [0.2, 0.25) is 0 Å². The maximum Gasteiger partial charge on any atom is 0.254 e. The van der Waals surface area contributed by atoms with Crippen molar-refractivity contribution in [2.24, 2.45) is 0 Å². The molecule has 0 atom stereocenters. The van der Waals surface area contributed by atoms with E-state index in [2.05, 4.69) is 22.1 Å². The van der Waals surface area contributed by atoms with E-state index in [0.29, 0.717) is 18.7 Å². The minimum Gasteiger partial charge on any atom is -0.335 e. The highest BCUT2D eigenvalue weighted by Crippen LogP contribution is 2.24. The normalized spacial score (nSPS) is 10.5. The molecule has 0 aliphatic carbocycles. The smallest absolute Gasteiger partial charge is 0.254 e. The number of aromatic nitrogens is 4. The molecule has 0 saturated carbocycles. The zero-order chi connectivity index (χ0) is 18.5. The zero-order valence-electron chi connectivity index (χ0n) is 15.0. The van der Waals surface area contributed by atoms with E-state index in [1.165, 1.54) is 6.33 Å². The summed E-state index contributed by atoms with van der Waals surface area (Å²) in [5.41, 5.74) is 4.25. The summed E-state index contributed by atoms with van der Waals surface area (Å²) >= 11 is 0. The molecule has 0 radical (unpaired) electrons. The summed E-state index contributed by atoms with van der Waals surface area (Å²) in [4.78, 5) is 14.8. The van der Waals surface area contributed by atoms with Gasteiger partial charge in [0.15, 0.2) is 0 Å². The molecule has 0 fully saturated rings. The second-order valence-electron chi connectivity index (χ2n) is 6.17. The summed E-state index contributed by atoms with van der Waals surface area (Å²) in [7, 11) is 0. The first kappa shape index (κ1) is 17.5. The highest BCUT2D eigenvalue weighted by atomic mass is 16.2. The second-order valence-corrected chi connectivity index (χ2v) is 6.17. The maximum atomic E-state index is 13.0. The van der Waals surface area contributed by atoms with E-state index in [1.807, 2.05) is 62.4 Å². The van der Waals surface area contributed by atoms with Crippen LogP contribution in [-0.4, -0.2) is 44.1 Å². The van der Waals surface area contributed by atoms with Gasteiger partial charge in [-0.15, -0.1) is 5.10 Å².